The second-order valence-corrected chi connectivity index (χ2v) is 5.93. The van der Waals surface area contributed by atoms with Gasteiger partial charge in [-0.25, -0.2) is 0 Å². The number of allylic oxidation sites excluding steroid dienone is 3. The van der Waals surface area contributed by atoms with Crippen molar-refractivity contribution >= 4 is 11.6 Å². The number of fused-ring (bicyclic) bond motifs is 1. The van der Waals surface area contributed by atoms with E-state index in [1.807, 2.05) is 12.1 Å². The largest absolute Gasteiger partial charge is 0.508 e. The number of rotatable bonds is 4. The van der Waals surface area contributed by atoms with Crippen LogP contribution in [-0.2, 0) is 16.0 Å². The zero-order chi connectivity index (χ0) is 15.7. The molecule has 1 aliphatic heterocycles. The Balaban J connectivity index is 1.66. The van der Waals surface area contributed by atoms with Gasteiger partial charge in [0.1, 0.15) is 5.75 Å². The predicted octanol–water partition coefficient (Wildman–Crippen LogP) is 2.38. The topological polar surface area (TPSA) is 57.6 Å². The lowest BCUT2D eigenvalue weighted by Crippen LogP contribution is -2.31. The zero-order valence-corrected chi connectivity index (χ0v) is 12.6. The Morgan fingerprint density at radius 3 is 2.55 bits per heavy atom. The summed E-state index contributed by atoms with van der Waals surface area (Å²) in [6, 6.07) is 7.56. The van der Waals surface area contributed by atoms with Gasteiger partial charge >= 0.3 is 0 Å². The van der Waals surface area contributed by atoms with Gasteiger partial charge in [-0.15, -0.1) is 0 Å². The van der Waals surface area contributed by atoms with Gasteiger partial charge in [-0.3, -0.25) is 9.59 Å². The van der Waals surface area contributed by atoms with Crippen LogP contribution in [0.25, 0.3) is 0 Å². The van der Waals surface area contributed by atoms with E-state index in [1.165, 1.54) is 17.7 Å². The molecule has 0 radical (unpaired) electrons. The van der Waals surface area contributed by atoms with E-state index in [2.05, 4.69) is 11.8 Å². The van der Waals surface area contributed by atoms with Crippen LogP contribution in [0, 0.1) is 0 Å². The number of aromatic hydroxyl groups is 1. The number of phenols is 1. The Labute approximate surface area is 129 Å². The number of benzene rings is 1. The minimum Gasteiger partial charge on any atom is -0.508 e. The van der Waals surface area contributed by atoms with Crippen molar-refractivity contribution < 1.29 is 14.7 Å². The molecule has 0 spiro atoms. The number of carbonyl (C=O) groups is 2. The number of ketones is 2. The van der Waals surface area contributed by atoms with Gasteiger partial charge in [-0.05, 0) is 55.5 Å². The molecule has 1 heterocycles. The minimum atomic E-state index is -0.420. The molecule has 114 valence electrons. The Bertz CT molecular complexity index is 670. The number of phenolic OH excluding ortho intramolecular Hbond substituents is 1. The number of likely N-dealkylation sites (tertiary alicyclic amines) is 1. The van der Waals surface area contributed by atoms with Crippen molar-refractivity contribution in [2.45, 2.75) is 32.2 Å². The molecule has 0 saturated carbocycles. The van der Waals surface area contributed by atoms with Gasteiger partial charge in [0, 0.05) is 24.4 Å². The maximum Gasteiger partial charge on any atom is 0.227 e. The maximum atomic E-state index is 11.6. The molecular weight excluding hydrogens is 278 g/mol. The number of hydrogen-bond acceptors (Lipinski definition) is 4. The average molecular weight is 297 g/mol. The second kappa shape index (κ2) is 5.79. The first-order chi connectivity index (χ1) is 10.5. The molecule has 22 heavy (non-hydrogen) atoms. The van der Waals surface area contributed by atoms with Gasteiger partial charge in [0.15, 0.2) is 0 Å². The van der Waals surface area contributed by atoms with Crippen molar-refractivity contribution in [1.29, 1.82) is 0 Å². The van der Waals surface area contributed by atoms with Gasteiger partial charge < -0.3 is 10.0 Å². The average Bonchev–Trinajstić information content (AvgIpc) is 2.90. The van der Waals surface area contributed by atoms with Crippen LogP contribution in [0.15, 0.2) is 47.7 Å². The molecule has 0 amide bonds. The van der Waals surface area contributed by atoms with Crippen LogP contribution < -0.4 is 0 Å². The minimum absolute atomic E-state index is 0.279. The van der Waals surface area contributed by atoms with E-state index in [-0.39, 0.29) is 5.75 Å². The summed E-state index contributed by atoms with van der Waals surface area (Å²) >= 11 is 0. The van der Waals surface area contributed by atoms with Crippen LogP contribution in [0.3, 0.4) is 0 Å². The standard InChI is InChI=1S/C18H19NO3/c1-12(2-3-13-4-6-15(20)7-5-13)19-9-8-14-10-17(21)18(22)11-16(14)19/h4-7,10-12,20H,2-3,8-9H2,1H3/t12-/m1/s1. The lowest BCUT2D eigenvalue weighted by atomic mass is 10.0. The molecule has 0 bridgehead atoms. The van der Waals surface area contributed by atoms with Crippen LogP contribution in [-0.4, -0.2) is 34.2 Å². The van der Waals surface area contributed by atoms with Crippen LogP contribution >= 0.6 is 0 Å². The summed E-state index contributed by atoms with van der Waals surface area (Å²) in [6.07, 6.45) is 5.68. The summed E-state index contributed by atoms with van der Waals surface area (Å²) in [4.78, 5) is 25.3. The Kier molecular flexibility index (Phi) is 3.84. The van der Waals surface area contributed by atoms with Crippen LogP contribution in [0.2, 0.25) is 0 Å². The van der Waals surface area contributed by atoms with E-state index in [4.69, 9.17) is 0 Å². The third kappa shape index (κ3) is 2.82. The molecule has 3 rings (SSSR count). The number of aryl methyl sites for hydroxylation is 1. The molecule has 1 aromatic rings. The van der Waals surface area contributed by atoms with Crippen LogP contribution in [0.1, 0.15) is 25.3 Å². The van der Waals surface area contributed by atoms with Gasteiger partial charge in [-0.2, -0.15) is 0 Å². The summed E-state index contributed by atoms with van der Waals surface area (Å²) in [5.41, 5.74) is 3.09. The van der Waals surface area contributed by atoms with Gasteiger partial charge in [-0.1, -0.05) is 12.1 Å². The van der Waals surface area contributed by atoms with Crippen molar-refractivity contribution in [3.63, 3.8) is 0 Å². The SMILES string of the molecule is C[C@H](CCc1ccc(O)cc1)N1CCC2=CC(=O)C(=O)C=C21. The van der Waals surface area contributed by atoms with Crippen molar-refractivity contribution in [3.05, 3.63) is 53.3 Å². The van der Waals surface area contributed by atoms with E-state index in [0.717, 1.165) is 37.1 Å². The number of carbonyl (C=O) groups excluding carboxylic acids is 2. The van der Waals surface area contributed by atoms with E-state index in [1.54, 1.807) is 12.1 Å². The summed E-state index contributed by atoms with van der Waals surface area (Å²) < 4.78 is 0. The maximum absolute atomic E-state index is 11.6. The highest BCUT2D eigenvalue weighted by atomic mass is 16.3. The van der Waals surface area contributed by atoms with E-state index in [0.29, 0.717) is 6.04 Å². The first kappa shape index (κ1) is 14.6. The van der Waals surface area contributed by atoms with Gasteiger partial charge in [0.05, 0.1) is 0 Å². The molecule has 2 aliphatic rings. The fraction of sp³-hybridized carbons (Fsp3) is 0.333. The molecular formula is C18H19NO3. The normalized spacial score (nSPS) is 18.9. The lowest BCUT2D eigenvalue weighted by molar-refractivity contribution is -0.131. The third-order valence-electron chi connectivity index (χ3n) is 4.40. The molecule has 0 aromatic heterocycles. The Hall–Kier alpha value is -2.36. The predicted molar refractivity (Wildman–Crippen MR) is 83.4 cm³/mol. The quantitative estimate of drug-likeness (QED) is 0.685. The van der Waals surface area contributed by atoms with Crippen LogP contribution in [0.4, 0.5) is 0 Å². The molecule has 1 atom stereocenters. The molecule has 1 fully saturated rings. The smallest absolute Gasteiger partial charge is 0.227 e. The summed E-state index contributed by atoms with van der Waals surface area (Å²) in [6.45, 7) is 3.00. The summed E-state index contributed by atoms with van der Waals surface area (Å²) in [5, 5.41) is 9.30. The van der Waals surface area contributed by atoms with Crippen molar-refractivity contribution in [2.75, 3.05) is 6.54 Å². The van der Waals surface area contributed by atoms with Crippen molar-refractivity contribution in [2.24, 2.45) is 0 Å². The van der Waals surface area contributed by atoms with Crippen molar-refractivity contribution in [3.8, 4) is 5.75 Å². The molecule has 4 heteroatoms. The monoisotopic (exact) mass is 297 g/mol. The zero-order valence-electron chi connectivity index (χ0n) is 12.6. The lowest BCUT2D eigenvalue weighted by Gasteiger charge is -2.28. The number of nitrogens with zero attached hydrogens (tertiary/aromatic N) is 1. The number of hydrogen-bond donors (Lipinski definition) is 1. The molecule has 0 unspecified atom stereocenters. The van der Waals surface area contributed by atoms with Gasteiger partial charge in [0.25, 0.3) is 0 Å². The highest BCUT2D eigenvalue weighted by molar-refractivity contribution is 6.46. The van der Waals surface area contributed by atoms with Crippen LogP contribution in [0.5, 0.6) is 5.75 Å². The highest BCUT2D eigenvalue weighted by Crippen LogP contribution is 2.32. The summed E-state index contributed by atoms with van der Waals surface area (Å²) in [5.74, 6) is -0.546. The molecule has 1 saturated heterocycles. The fourth-order valence-corrected chi connectivity index (χ4v) is 3.07. The first-order valence-electron chi connectivity index (χ1n) is 7.60. The van der Waals surface area contributed by atoms with E-state index in [9.17, 15) is 14.7 Å². The summed E-state index contributed by atoms with van der Waals surface area (Å²) in [7, 11) is 0. The Morgan fingerprint density at radius 1 is 1.14 bits per heavy atom. The highest BCUT2D eigenvalue weighted by Gasteiger charge is 2.31. The molecule has 1 aliphatic carbocycles. The van der Waals surface area contributed by atoms with Crippen molar-refractivity contribution in [1.82, 2.24) is 4.90 Å². The second-order valence-electron chi connectivity index (χ2n) is 5.93. The van der Waals surface area contributed by atoms with E-state index >= 15 is 0 Å². The molecule has 4 nitrogen and oxygen atoms in total. The fourth-order valence-electron chi connectivity index (χ4n) is 3.07. The Morgan fingerprint density at radius 2 is 1.82 bits per heavy atom. The van der Waals surface area contributed by atoms with E-state index < -0.39 is 11.6 Å². The molecule has 1 N–H and O–H groups in total. The molecule has 1 aromatic carbocycles. The first-order valence-corrected chi connectivity index (χ1v) is 7.60. The third-order valence-corrected chi connectivity index (χ3v) is 4.40. The van der Waals surface area contributed by atoms with Gasteiger partial charge in [0.2, 0.25) is 11.6 Å².